The molecule has 2 aromatic rings. The van der Waals surface area contributed by atoms with Crippen molar-refractivity contribution in [2.45, 2.75) is 19.5 Å². The summed E-state index contributed by atoms with van der Waals surface area (Å²) in [5.74, 6) is 0. The minimum Gasteiger partial charge on any atom is -0.314 e. The zero-order valence-electron chi connectivity index (χ0n) is 12.2. The van der Waals surface area contributed by atoms with Crippen molar-refractivity contribution in [1.29, 1.82) is 0 Å². The van der Waals surface area contributed by atoms with Gasteiger partial charge in [0.1, 0.15) is 0 Å². The Bertz CT molecular complexity index is 495. The van der Waals surface area contributed by atoms with Gasteiger partial charge in [0.25, 0.3) is 0 Å². The molecule has 6 heteroatoms. The number of pyridine rings is 1. The van der Waals surface area contributed by atoms with E-state index in [1.807, 2.05) is 36.3 Å². The summed E-state index contributed by atoms with van der Waals surface area (Å²) in [7, 11) is 4.03. The van der Waals surface area contributed by atoms with Crippen molar-refractivity contribution in [3.8, 4) is 0 Å². The van der Waals surface area contributed by atoms with Crippen LogP contribution in [-0.2, 0) is 19.5 Å². The fourth-order valence-electron chi connectivity index (χ4n) is 1.95. The highest BCUT2D eigenvalue weighted by Crippen LogP contribution is 1.97. The van der Waals surface area contributed by atoms with Gasteiger partial charge in [0.2, 0.25) is 0 Å². The molecular weight excluding hydrogens is 252 g/mol. The normalized spacial score (nSPS) is 11.2. The summed E-state index contributed by atoms with van der Waals surface area (Å²) in [5, 5.41) is 11.3. The highest BCUT2D eigenvalue weighted by Gasteiger charge is 2.03. The minimum atomic E-state index is 0.759. The molecule has 0 aliphatic carbocycles. The second-order valence-electron chi connectivity index (χ2n) is 4.88. The van der Waals surface area contributed by atoms with E-state index >= 15 is 0 Å². The summed E-state index contributed by atoms with van der Waals surface area (Å²) in [6.45, 7) is 3.56. The summed E-state index contributed by atoms with van der Waals surface area (Å²) in [4.78, 5) is 6.62. The van der Waals surface area contributed by atoms with E-state index in [1.54, 1.807) is 0 Å². The van der Waals surface area contributed by atoms with Gasteiger partial charge in [-0.2, -0.15) is 0 Å². The second kappa shape index (κ2) is 7.72. The molecule has 1 N–H and O–H groups in total. The number of nitrogens with one attached hydrogen (secondary N) is 1. The zero-order chi connectivity index (χ0) is 14.2. The van der Waals surface area contributed by atoms with E-state index in [1.165, 1.54) is 0 Å². The van der Waals surface area contributed by atoms with Gasteiger partial charge in [0.05, 0.1) is 12.2 Å². The van der Waals surface area contributed by atoms with Crippen LogP contribution in [0.15, 0.2) is 30.6 Å². The van der Waals surface area contributed by atoms with E-state index in [0.29, 0.717) is 0 Å². The summed E-state index contributed by atoms with van der Waals surface area (Å²) < 4.78 is 1.89. The Labute approximate surface area is 119 Å². The van der Waals surface area contributed by atoms with Gasteiger partial charge in [0, 0.05) is 44.1 Å². The number of nitrogens with zero attached hydrogens (tertiary/aromatic N) is 5. The van der Waals surface area contributed by atoms with Gasteiger partial charge in [-0.05, 0) is 26.2 Å². The molecule has 0 fully saturated rings. The highest BCUT2D eigenvalue weighted by atomic mass is 15.4. The molecule has 2 rings (SSSR count). The van der Waals surface area contributed by atoms with Crippen molar-refractivity contribution >= 4 is 0 Å². The third-order valence-corrected chi connectivity index (χ3v) is 3.13. The maximum absolute atomic E-state index is 4.33. The molecule has 20 heavy (non-hydrogen) atoms. The topological polar surface area (TPSA) is 58.9 Å². The third kappa shape index (κ3) is 4.71. The Morgan fingerprint density at radius 2 is 2.15 bits per heavy atom. The lowest BCUT2D eigenvalue weighted by Gasteiger charge is -2.15. The molecule has 0 spiro atoms. The first kappa shape index (κ1) is 14.6. The van der Waals surface area contributed by atoms with Crippen LogP contribution in [0.1, 0.15) is 11.4 Å². The van der Waals surface area contributed by atoms with E-state index in [-0.39, 0.29) is 0 Å². The molecule has 0 saturated heterocycles. The maximum atomic E-state index is 4.33. The van der Waals surface area contributed by atoms with Crippen LogP contribution in [0.2, 0.25) is 0 Å². The SMILES string of the molecule is CNCc1cn(CCN(C)CCc2ccccn2)nn1. The Morgan fingerprint density at radius 1 is 1.25 bits per heavy atom. The summed E-state index contributed by atoms with van der Waals surface area (Å²) in [5.41, 5.74) is 2.11. The number of hydrogen-bond acceptors (Lipinski definition) is 5. The van der Waals surface area contributed by atoms with Crippen molar-refractivity contribution < 1.29 is 0 Å². The monoisotopic (exact) mass is 274 g/mol. The van der Waals surface area contributed by atoms with Crippen LogP contribution in [-0.4, -0.2) is 52.1 Å². The smallest absolute Gasteiger partial charge is 0.0964 e. The number of rotatable bonds is 8. The van der Waals surface area contributed by atoms with E-state index in [0.717, 1.165) is 44.0 Å². The van der Waals surface area contributed by atoms with E-state index < -0.39 is 0 Å². The Kier molecular flexibility index (Phi) is 5.64. The molecule has 0 aromatic carbocycles. The molecule has 0 aliphatic rings. The summed E-state index contributed by atoms with van der Waals surface area (Å²) >= 11 is 0. The van der Waals surface area contributed by atoms with Crippen molar-refractivity contribution in [2.24, 2.45) is 0 Å². The maximum Gasteiger partial charge on any atom is 0.0964 e. The quantitative estimate of drug-likeness (QED) is 0.762. The van der Waals surface area contributed by atoms with Crippen molar-refractivity contribution in [3.63, 3.8) is 0 Å². The van der Waals surface area contributed by atoms with Gasteiger partial charge in [-0.1, -0.05) is 11.3 Å². The summed E-state index contributed by atoms with van der Waals surface area (Å²) in [6, 6.07) is 6.04. The first-order chi connectivity index (χ1) is 9.78. The summed E-state index contributed by atoms with van der Waals surface area (Å²) in [6.07, 6.45) is 4.80. The predicted octanol–water partition coefficient (Wildman–Crippen LogP) is 0.567. The van der Waals surface area contributed by atoms with Crippen molar-refractivity contribution in [3.05, 3.63) is 42.0 Å². The van der Waals surface area contributed by atoms with Crippen LogP contribution in [0.5, 0.6) is 0 Å². The third-order valence-electron chi connectivity index (χ3n) is 3.13. The minimum absolute atomic E-state index is 0.759. The lowest BCUT2D eigenvalue weighted by molar-refractivity contribution is 0.313. The Morgan fingerprint density at radius 3 is 2.90 bits per heavy atom. The Hall–Kier alpha value is -1.79. The standard InChI is InChI=1S/C14H22N6/c1-15-11-14-12-20(18-17-14)10-9-19(2)8-6-13-5-3-4-7-16-13/h3-5,7,12,15H,6,8-11H2,1-2H3. The number of aromatic nitrogens is 4. The van der Waals surface area contributed by atoms with Gasteiger partial charge in [0.15, 0.2) is 0 Å². The molecule has 6 nitrogen and oxygen atoms in total. The molecule has 0 atom stereocenters. The molecule has 108 valence electrons. The molecule has 0 unspecified atom stereocenters. The highest BCUT2D eigenvalue weighted by molar-refractivity contribution is 5.03. The van der Waals surface area contributed by atoms with Gasteiger partial charge in [-0.3, -0.25) is 9.67 Å². The predicted molar refractivity (Wildman–Crippen MR) is 78.2 cm³/mol. The molecule has 0 amide bonds. The molecule has 0 radical (unpaired) electrons. The zero-order valence-corrected chi connectivity index (χ0v) is 12.2. The first-order valence-corrected chi connectivity index (χ1v) is 6.90. The number of hydrogen-bond donors (Lipinski definition) is 1. The van der Waals surface area contributed by atoms with Crippen LogP contribution in [0.3, 0.4) is 0 Å². The van der Waals surface area contributed by atoms with Crippen LogP contribution in [0.4, 0.5) is 0 Å². The molecule has 0 aliphatic heterocycles. The van der Waals surface area contributed by atoms with Crippen LogP contribution in [0.25, 0.3) is 0 Å². The van der Waals surface area contributed by atoms with Gasteiger partial charge in [-0.15, -0.1) is 5.10 Å². The van der Waals surface area contributed by atoms with E-state index in [9.17, 15) is 0 Å². The fourth-order valence-corrected chi connectivity index (χ4v) is 1.95. The van der Waals surface area contributed by atoms with Crippen LogP contribution < -0.4 is 5.32 Å². The van der Waals surface area contributed by atoms with Crippen LogP contribution >= 0.6 is 0 Å². The Balaban J connectivity index is 1.70. The first-order valence-electron chi connectivity index (χ1n) is 6.90. The average molecular weight is 274 g/mol. The van der Waals surface area contributed by atoms with Crippen LogP contribution in [0, 0.1) is 0 Å². The fraction of sp³-hybridized carbons (Fsp3) is 0.500. The van der Waals surface area contributed by atoms with Gasteiger partial charge >= 0.3 is 0 Å². The number of likely N-dealkylation sites (N-methyl/N-ethyl adjacent to an activating group) is 1. The van der Waals surface area contributed by atoms with E-state index in [4.69, 9.17) is 0 Å². The van der Waals surface area contributed by atoms with Gasteiger partial charge < -0.3 is 10.2 Å². The van der Waals surface area contributed by atoms with Gasteiger partial charge in [-0.25, -0.2) is 0 Å². The lowest BCUT2D eigenvalue weighted by atomic mass is 10.2. The molecule has 0 saturated carbocycles. The molecular formula is C14H22N6. The second-order valence-corrected chi connectivity index (χ2v) is 4.88. The molecule has 2 heterocycles. The van der Waals surface area contributed by atoms with Crippen molar-refractivity contribution in [1.82, 2.24) is 30.2 Å². The molecule has 2 aromatic heterocycles. The van der Waals surface area contributed by atoms with E-state index in [2.05, 4.69) is 38.6 Å². The molecule has 0 bridgehead atoms. The van der Waals surface area contributed by atoms with Crippen molar-refractivity contribution in [2.75, 3.05) is 27.2 Å². The lowest BCUT2D eigenvalue weighted by Crippen LogP contribution is -2.26. The largest absolute Gasteiger partial charge is 0.314 e. The average Bonchev–Trinajstić information content (AvgIpc) is 2.92.